The Bertz CT molecular complexity index is 915. The lowest BCUT2D eigenvalue weighted by Crippen LogP contribution is -2.39. The number of nitrogens with one attached hydrogen (secondary N) is 2. The van der Waals surface area contributed by atoms with Gasteiger partial charge in [0.15, 0.2) is 0 Å². The summed E-state index contributed by atoms with van der Waals surface area (Å²) in [5.41, 5.74) is 0. The molecule has 0 aromatic heterocycles. The summed E-state index contributed by atoms with van der Waals surface area (Å²) in [7, 11) is -3.69. The average molecular weight is 507 g/mol. The molecule has 2 fully saturated rings. The van der Waals surface area contributed by atoms with Gasteiger partial charge in [-0.15, -0.1) is 0 Å². The van der Waals surface area contributed by atoms with Gasteiger partial charge in [-0.05, 0) is 83.5 Å². The van der Waals surface area contributed by atoms with Crippen molar-refractivity contribution >= 4 is 21.8 Å². The smallest absolute Gasteiger partial charge is 0.243 e. The van der Waals surface area contributed by atoms with Gasteiger partial charge < -0.3 is 15.5 Å². The highest BCUT2D eigenvalue weighted by molar-refractivity contribution is 7.89. The summed E-state index contributed by atoms with van der Waals surface area (Å²) in [4.78, 5) is 28.0. The second-order valence-corrected chi connectivity index (χ2v) is 12.0. The van der Waals surface area contributed by atoms with Crippen molar-refractivity contribution in [1.82, 2.24) is 19.8 Å². The minimum atomic E-state index is -3.69. The van der Waals surface area contributed by atoms with E-state index in [4.69, 9.17) is 0 Å². The summed E-state index contributed by atoms with van der Waals surface area (Å²) in [6.07, 6.45) is 5.18. The number of carbonyl (C=O) groups is 2. The van der Waals surface area contributed by atoms with Gasteiger partial charge in [-0.3, -0.25) is 9.59 Å². The molecule has 1 aromatic rings. The molecule has 1 aromatic carbocycles. The molecule has 1 atom stereocenters. The van der Waals surface area contributed by atoms with E-state index in [1.54, 1.807) is 30.3 Å². The van der Waals surface area contributed by atoms with E-state index >= 15 is 0 Å². The zero-order valence-electron chi connectivity index (χ0n) is 21.2. The predicted molar refractivity (Wildman–Crippen MR) is 137 cm³/mol. The highest BCUT2D eigenvalue weighted by atomic mass is 32.2. The highest BCUT2D eigenvalue weighted by Crippen LogP contribution is 2.22. The molecule has 196 valence electrons. The fourth-order valence-corrected chi connectivity index (χ4v) is 6.52. The molecule has 2 amide bonds. The normalized spacial score (nSPS) is 22.4. The van der Waals surface area contributed by atoms with E-state index in [1.165, 1.54) is 17.1 Å². The number of rotatable bonds is 7. The van der Waals surface area contributed by atoms with Crippen LogP contribution in [0.5, 0.6) is 0 Å². The van der Waals surface area contributed by atoms with Gasteiger partial charge in [0.25, 0.3) is 0 Å². The largest absolute Gasteiger partial charge is 0.356 e. The minimum Gasteiger partial charge on any atom is -0.356 e. The van der Waals surface area contributed by atoms with Crippen molar-refractivity contribution < 1.29 is 18.0 Å². The predicted octanol–water partition coefficient (Wildman–Crippen LogP) is 2.61. The first-order chi connectivity index (χ1) is 16.8. The Morgan fingerprint density at radius 2 is 1.77 bits per heavy atom. The SMILES string of the molecule is CC(C)N1CCC(CCNC(=O)C2CCCN(S(=O)(=O)c3ccccc3)CCC(=O)NCC2)CC1. The fraction of sp³-hybridized carbons (Fsp3) is 0.692. The third kappa shape index (κ3) is 8.29. The highest BCUT2D eigenvalue weighted by Gasteiger charge is 2.27. The van der Waals surface area contributed by atoms with Crippen molar-refractivity contribution in [1.29, 1.82) is 0 Å². The zero-order valence-corrected chi connectivity index (χ0v) is 22.1. The number of carbonyl (C=O) groups excluding carboxylic acids is 2. The van der Waals surface area contributed by atoms with E-state index in [0.717, 1.165) is 19.5 Å². The Morgan fingerprint density at radius 3 is 2.46 bits per heavy atom. The number of hydrogen-bond donors (Lipinski definition) is 2. The van der Waals surface area contributed by atoms with E-state index in [2.05, 4.69) is 29.4 Å². The summed E-state index contributed by atoms with van der Waals surface area (Å²) in [5.74, 6) is 0.231. The van der Waals surface area contributed by atoms with Gasteiger partial charge in [-0.1, -0.05) is 18.2 Å². The number of hydrogen-bond acceptors (Lipinski definition) is 5. The van der Waals surface area contributed by atoms with Gasteiger partial charge in [0.1, 0.15) is 0 Å². The van der Waals surface area contributed by atoms with E-state index in [1.807, 2.05) is 0 Å². The van der Waals surface area contributed by atoms with Crippen LogP contribution in [0.3, 0.4) is 0 Å². The number of likely N-dealkylation sites (tertiary alicyclic amines) is 1. The Morgan fingerprint density at radius 1 is 1.06 bits per heavy atom. The van der Waals surface area contributed by atoms with Crippen molar-refractivity contribution in [2.45, 2.75) is 69.7 Å². The lowest BCUT2D eigenvalue weighted by atomic mass is 9.92. The molecule has 2 aliphatic rings. The van der Waals surface area contributed by atoms with Crippen LogP contribution in [0, 0.1) is 11.8 Å². The topological polar surface area (TPSA) is 98.8 Å². The lowest BCUT2D eigenvalue weighted by molar-refractivity contribution is -0.126. The maximum atomic E-state index is 13.1. The van der Waals surface area contributed by atoms with Crippen LogP contribution in [-0.2, 0) is 19.6 Å². The summed E-state index contributed by atoms with van der Waals surface area (Å²) in [5, 5.41) is 5.97. The zero-order chi connectivity index (χ0) is 25.3. The first kappa shape index (κ1) is 27.6. The van der Waals surface area contributed by atoms with Crippen LogP contribution < -0.4 is 10.6 Å². The van der Waals surface area contributed by atoms with Crippen LogP contribution in [-0.4, -0.2) is 74.7 Å². The van der Waals surface area contributed by atoms with Gasteiger partial charge in [0, 0.05) is 44.6 Å². The van der Waals surface area contributed by atoms with Crippen molar-refractivity contribution in [3.8, 4) is 0 Å². The number of amides is 2. The van der Waals surface area contributed by atoms with Gasteiger partial charge in [0.2, 0.25) is 21.8 Å². The number of sulfonamides is 1. The molecular weight excluding hydrogens is 464 g/mol. The molecule has 2 heterocycles. The average Bonchev–Trinajstić information content (AvgIpc) is 2.89. The number of nitrogens with zero attached hydrogens (tertiary/aromatic N) is 2. The van der Waals surface area contributed by atoms with Gasteiger partial charge in [-0.2, -0.15) is 4.31 Å². The molecule has 0 spiro atoms. The number of benzene rings is 1. The molecule has 2 saturated heterocycles. The molecule has 0 aliphatic carbocycles. The third-order valence-electron chi connectivity index (χ3n) is 7.35. The molecule has 8 nitrogen and oxygen atoms in total. The Balaban J connectivity index is 1.52. The van der Waals surface area contributed by atoms with E-state index in [-0.39, 0.29) is 35.6 Å². The van der Waals surface area contributed by atoms with E-state index < -0.39 is 10.0 Å². The van der Waals surface area contributed by atoms with Crippen LogP contribution in [0.25, 0.3) is 0 Å². The Kier molecular flexibility index (Phi) is 10.5. The van der Waals surface area contributed by atoms with Crippen LogP contribution in [0.15, 0.2) is 35.2 Å². The molecule has 2 aliphatic heterocycles. The van der Waals surface area contributed by atoms with E-state index in [0.29, 0.717) is 50.9 Å². The summed E-state index contributed by atoms with van der Waals surface area (Å²) in [6.45, 7) is 8.25. The maximum Gasteiger partial charge on any atom is 0.243 e. The third-order valence-corrected chi connectivity index (χ3v) is 9.26. The first-order valence-electron chi connectivity index (χ1n) is 13.1. The summed E-state index contributed by atoms with van der Waals surface area (Å²) in [6, 6.07) is 8.90. The van der Waals surface area contributed by atoms with E-state index in [9.17, 15) is 18.0 Å². The monoisotopic (exact) mass is 506 g/mol. The van der Waals surface area contributed by atoms with Crippen LogP contribution >= 0.6 is 0 Å². The van der Waals surface area contributed by atoms with Crippen LogP contribution in [0.4, 0.5) is 0 Å². The molecule has 0 radical (unpaired) electrons. The quantitative estimate of drug-likeness (QED) is 0.592. The molecular formula is C26H42N4O4S. The van der Waals surface area contributed by atoms with Crippen molar-refractivity contribution in [3.05, 3.63) is 30.3 Å². The van der Waals surface area contributed by atoms with Gasteiger partial charge in [-0.25, -0.2) is 8.42 Å². The van der Waals surface area contributed by atoms with Crippen LogP contribution in [0.2, 0.25) is 0 Å². The number of piperidine rings is 1. The van der Waals surface area contributed by atoms with Crippen LogP contribution in [0.1, 0.15) is 58.8 Å². The minimum absolute atomic E-state index is 0.00980. The summed E-state index contributed by atoms with van der Waals surface area (Å²) < 4.78 is 27.6. The first-order valence-corrected chi connectivity index (χ1v) is 14.5. The lowest BCUT2D eigenvalue weighted by Gasteiger charge is -2.34. The standard InChI is InChI=1S/C26H42N4O4S/c1-21(2)29-18-12-22(13-19-29)10-15-28-26(32)23-7-6-17-30(20-14-25(31)27-16-11-23)35(33,34)24-8-4-3-5-9-24/h3-5,8-9,21-23H,6-7,10-20H2,1-2H3,(H,27,31)(H,28,32). The molecule has 3 rings (SSSR count). The molecule has 1 unspecified atom stereocenters. The maximum absolute atomic E-state index is 13.1. The molecule has 0 bridgehead atoms. The molecule has 35 heavy (non-hydrogen) atoms. The van der Waals surface area contributed by atoms with Gasteiger partial charge >= 0.3 is 0 Å². The fourth-order valence-electron chi connectivity index (χ4n) is 5.02. The van der Waals surface area contributed by atoms with Crippen molar-refractivity contribution in [2.75, 3.05) is 39.3 Å². The molecule has 0 saturated carbocycles. The second-order valence-electron chi connectivity index (χ2n) is 10.1. The Labute approximate surface area is 210 Å². The molecule has 2 N–H and O–H groups in total. The van der Waals surface area contributed by atoms with Crippen molar-refractivity contribution in [2.24, 2.45) is 11.8 Å². The van der Waals surface area contributed by atoms with Gasteiger partial charge in [0.05, 0.1) is 4.90 Å². The van der Waals surface area contributed by atoms with Crippen molar-refractivity contribution in [3.63, 3.8) is 0 Å². The Hall–Kier alpha value is -1.97. The second kappa shape index (κ2) is 13.4. The summed E-state index contributed by atoms with van der Waals surface area (Å²) >= 11 is 0. The molecule has 9 heteroatoms.